The molecule has 22 heavy (non-hydrogen) atoms. The molecule has 3 rings (SSSR count). The van der Waals surface area contributed by atoms with Crippen LogP contribution in [-0.2, 0) is 9.84 Å². The van der Waals surface area contributed by atoms with Gasteiger partial charge >= 0.3 is 0 Å². The molecule has 1 aliphatic rings. The Morgan fingerprint density at radius 1 is 1.36 bits per heavy atom. The van der Waals surface area contributed by atoms with Gasteiger partial charge in [-0.05, 0) is 31.5 Å². The van der Waals surface area contributed by atoms with Crippen LogP contribution in [0.25, 0.3) is 10.9 Å². The van der Waals surface area contributed by atoms with Crippen molar-refractivity contribution in [3.63, 3.8) is 0 Å². The highest BCUT2D eigenvalue weighted by atomic mass is 32.2. The summed E-state index contributed by atoms with van der Waals surface area (Å²) in [5, 5.41) is 3.40. The van der Waals surface area contributed by atoms with Crippen molar-refractivity contribution >= 4 is 26.6 Å². The van der Waals surface area contributed by atoms with Gasteiger partial charge < -0.3 is 5.32 Å². The highest BCUT2D eigenvalue weighted by molar-refractivity contribution is 7.91. The number of benzene rings is 1. The molecule has 0 saturated carbocycles. The van der Waals surface area contributed by atoms with Crippen LogP contribution in [0.15, 0.2) is 24.3 Å². The van der Waals surface area contributed by atoms with Crippen molar-refractivity contribution in [3.8, 4) is 0 Å². The van der Waals surface area contributed by atoms with Crippen LogP contribution in [0, 0.1) is 12.7 Å². The number of hydrogen-bond donors (Lipinski definition) is 1. The Hall–Kier alpha value is -2.02. The number of pyridine rings is 1. The number of nitrogens with zero attached hydrogens (tertiary/aromatic N) is 1. The summed E-state index contributed by atoms with van der Waals surface area (Å²) in [4.78, 5) is 16.6. The first-order valence-corrected chi connectivity index (χ1v) is 8.74. The number of carbonyl (C=O) groups excluding carboxylic acids is 1. The standard InChI is InChI=1S/C15H15FN2O3S/c1-9-13(6-10-2-3-11(16)7-14(10)17-9)15(19)18-12-4-5-22(20,21)8-12/h2-3,6-7,12H,4-5,8H2,1H3,(H,18,19)/t12-/m0/s1. The van der Waals surface area contributed by atoms with Gasteiger partial charge in [0.25, 0.3) is 5.91 Å². The maximum Gasteiger partial charge on any atom is 0.253 e. The Morgan fingerprint density at radius 2 is 2.14 bits per heavy atom. The Labute approximate surface area is 127 Å². The molecule has 1 aliphatic heterocycles. The van der Waals surface area contributed by atoms with Gasteiger partial charge in [0.1, 0.15) is 5.82 Å². The monoisotopic (exact) mass is 322 g/mol. The van der Waals surface area contributed by atoms with E-state index in [0.29, 0.717) is 28.6 Å². The van der Waals surface area contributed by atoms with Gasteiger partial charge in [-0.3, -0.25) is 9.78 Å². The minimum atomic E-state index is -3.04. The highest BCUT2D eigenvalue weighted by Crippen LogP contribution is 2.19. The van der Waals surface area contributed by atoms with Crippen LogP contribution in [0.5, 0.6) is 0 Å². The lowest BCUT2D eigenvalue weighted by molar-refractivity contribution is 0.0940. The lowest BCUT2D eigenvalue weighted by Crippen LogP contribution is -2.36. The molecule has 0 unspecified atom stereocenters. The first-order valence-electron chi connectivity index (χ1n) is 6.92. The lowest BCUT2D eigenvalue weighted by atomic mass is 10.1. The zero-order valence-electron chi connectivity index (χ0n) is 12.0. The van der Waals surface area contributed by atoms with Crippen molar-refractivity contribution in [2.24, 2.45) is 0 Å². The van der Waals surface area contributed by atoms with E-state index in [9.17, 15) is 17.6 Å². The van der Waals surface area contributed by atoms with Gasteiger partial charge in [0, 0.05) is 17.5 Å². The normalized spacial score (nSPS) is 20.2. The number of halogens is 1. The molecule has 116 valence electrons. The summed E-state index contributed by atoms with van der Waals surface area (Å²) in [6, 6.07) is 5.47. The zero-order chi connectivity index (χ0) is 15.9. The average Bonchev–Trinajstić information content (AvgIpc) is 2.76. The van der Waals surface area contributed by atoms with Crippen LogP contribution in [0.3, 0.4) is 0 Å². The molecular formula is C15H15FN2O3S. The van der Waals surface area contributed by atoms with E-state index in [0.717, 1.165) is 0 Å². The predicted molar refractivity (Wildman–Crippen MR) is 81.0 cm³/mol. The average molecular weight is 322 g/mol. The van der Waals surface area contributed by atoms with Crippen LogP contribution in [0.1, 0.15) is 22.5 Å². The summed E-state index contributed by atoms with van der Waals surface area (Å²) in [5.41, 5.74) is 1.34. The van der Waals surface area contributed by atoms with Crippen LogP contribution >= 0.6 is 0 Å². The molecule has 2 aromatic rings. The molecule has 7 heteroatoms. The van der Waals surface area contributed by atoms with Gasteiger partial charge in [0.15, 0.2) is 9.84 Å². The fourth-order valence-electron chi connectivity index (χ4n) is 2.64. The number of fused-ring (bicyclic) bond motifs is 1. The fourth-order valence-corrected chi connectivity index (χ4v) is 4.31. The van der Waals surface area contributed by atoms with Crippen LogP contribution in [0.4, 0.5) is 4.39 Å². The first-order chi connectivity index (χ1) is 10.3. The molecule has 1 saturated heterocycles. The van der Waals surface area contributed by atoms with E-state index in [1.165, 1.54) is 12.1 Å². The molecule has 1 N–H and O–H groups in total. The van der Waals surface area contributed by atoms with Gasteiger partial charge in [0.05, 0.1) is 28.3 Å². The predicted octanol–water partition coefficient (Wildman–Crippen LogP) is 1.60. The Bertz CT molecular complexity index is 864. The molecule has 5 nitrogen and oxygen atoms in total. The van der Waals surface area contributed by atoms with Crippen LogP contribution < -0.4 is 5.32 Å². The molecule has 0 aliphatic carbocycles. The third kappa shape index (κ3) is 2.94. The Kier molecular flexibility index (Phi) is 3.60. The van der Waals surface area contributed by atoms with Crippen molar-refractivity contribution in [2.45, 2.75) is 19.4 Å². The topological polar surface area (TPSA) is 76.1 Å². The van der Waals surface area contributed by atoms with E-state index >= 15 is 0 Å². The van der Waals surface area contributed by atoms with Crippen LogP contribution in [0.2, 0.25) is 0 Å². The Morgan fingerprint density at radius 3 is 2.82 bits per heavy atom. The molecule has 1 aromatic heterocycles. The number of amides is 1. The summed E-state index contributed by atoms with van der Waals surface area (Å²) in [7, 11) is -3.04. The second kappa shape index (κ2) is 5.31. The maximum atomic E-state index is 13.2. The third-order valence-corrected chi connectivity index (χ3v) is 5.55. The minimum absolute atomic E-state index is 0.0238. The molecule has 1 atom stereocenters. The second-order valence-corrected chi connectivity index (χ2v) is 7.76. The first kappa shape index (κ1) is 14.9. The lowest BCUT2D eigenvalue weighted by Gasteiger charge is -2.12. The molecule has 1 amide bonds. The second-order valence-electron chi connectivity index (χ2n) is 5.53. The molecule has 2 heterocycles. The number of aryl methyl sites for hydroxylation is 1. The molecule has 0 radical (unpaired) electrons. The third-order valence-electron chi connectivity index (χ3n) is 3.78. The van der Waals surface area contributed by atoms with E-state index in [1.54, 1.807) is 19.1 Å². The van der Waals surface area contributed by atoms with Gasteiger partial charge in [0.2, 0.25) is 0 Å². The van der Waals surface area contributed by atoms with Crippen molar-refractivity contribution in [2.75, 3.05) is 11.5 Å². The maximum absolute atomic E-state index is 13.2. The summed E-state index contributed by atoms with van der Waals surface area (Å²) in [6.45, 7) is 1.67. The summed E-state index contributed by atoms with van der Waals surface area (Å²) in [5.74, 6) is -0.651. The number of rotatable bonds is 2. The van der Waals surface area contributed by atoms with Gasteiger partial charge in [-0.2, -0.15) is 0 Å². The number of sulfone groups is 1. The minimum Gasteiger partial charge on any atom is -0.348 e. The number of aromatic nitrogens is 1. The van der Waals surface area contributed by atoms with Crippen molar-refractivity contribution in [3.05, 3.63) is 41.3 Å². The highest BCUT2D eigenvalue weighted by Gasteiger charge is 2.29. The molecule has 1 fully saturated rings. The van der Waals surface area contributed by atoms with E-state index in [4.69, 9.17) is 0 Å². The van der Waals surface area contributed by atoms with E-state index in [-0.39, 0.29) is 29.3 Å². The van der Waals surface area contributed by atoms with Gasteiger partial charge in [-0.25, -0.2) is 12.8 Å². The molecular weight excluding hydrogens is 307 g/mol. The molecule has 0 spiro atoms. The number of hydrogen-bond acceptors (Lipinski definition) is 4. The largest absolute Gasteiger partial charge is 0.348 e. The SMILES string of the molecule is Cc1nc2cc(F)ccc2cc1C(=O)N[C@H]1CCS(=O)(=O)C1. The smallest absolute Gasteiger partial charge is 0.253 e. The van der Waals surface area contributed by atoms with E-state index < -0.39 is 9.84 Å². The van der Waals surface area contributed by atoms with E-state index in [1.807, 2.05) is 0 Å². The van der Waals surface area contributed by atoms with Crippen LogP contribution in [-0.4, -0.2) is 36.9 Å². The number of nitrogens with one attached hydrogen (secondary N) is 1. The van der Waals surface area contributed by atoms with Gasteiger partial charge in [-0.15, -0.1) is 0 Å². The summed E-state index contributed by atoms with van der Waals surface area (Å²) < 4.78 is 36.1. The van der Waals surface area contributed by atoms with Crippen molar-refractivity contribution < 1.29 is 17.6 Å². The Balaban J connectivity index is 1.88. The summed E-state index contributed by atoms with van der Waals surface area (Å²) >= 11 is 0. The summed E-state index contributed by atoms with van der Waals surface area (Å²) in [6.07, 6.45) is 0.430. The fraction of sp³-hybridized carbons (Fsp3) is 0.333. The molecule has 1 aromatic carbocycles. The number of carbonyl (C=O) groups is 1. The van der Waals surface area contributed by atoms with Crippen molar-refractivity contribution in [1.82, 2.24) is 10.3 Å². The van der Waals surface area contributed by atoms with Gasteiger partial charge in [-0.1, -0.05) is 0 Å². The zero-order valence-corrected chi connectivity index (χ0v) is 12.8. The van der Waals surface area contributed by atoms with E-state index in [2.05, 4.69) is 10.3 Å². The van der Waals surface area contributed by atoms with Crippen molar-refractivity contribution in [1.29, 1.82) is 0 Å². The molecule has 0 bridgehead atoms. The quantitative estimate of drug-likeness (QED) is 0.911.